The molecule has 0 saturated carbocycles. The number of nitrogens with two attached hydrogens (primary N) is 2. The van der Waals surface area contributed by atoms with Crippen molar-refractivity contribution in [3.05, 3.63) is 72.1 Å². The number of pyridine rings is 1. The Labute approximate surface area is 134 Å². The van der Waals surface area contributed by atoms with Crippen LogP contribution in [0.15, 0.2) is 60.9 Å². The van der Waals surface area contributed by atoms with Crippen LogP contribution in [0, 0.1) is 0 Å². The third-order valence-electron chi connectivity index (χ3n) is 3.39. The Morgan fingerprint density at radius 1 is 1.09 bits per heavy atom. The molecule has 3 aromatic rings. The maximum absolute atomic E-state index is 10.4. The molecule has 118 valence electrons. The molecular formula is C18H19N3O2. The smallest absolute Gasteiger partial charge is 0.248 e. The summed E-state index contributed by atoms with van der Waals surface area (Å²) < 4.78 is 0. The first-order chi connectivity index (χ1) is 11.0. The largest absolute Gasteiger partial charge is 0.507 e. The van der Waals surface area contributed by atoms with Crippen LogP contribution in [0.2, 0.25) is 0 Å². The number of nitrogens with zero attached hydrogens (tertiary/aromatic N) is 1. The molecule has 5 nitrogen and oxygen atoms in total. The van der Waals surface area contributed by atoms with Crippen molar-refractivity contribution in [3.8, 4) is 5.75 Å². The summed E-state index contributed by atoms with van der Waals surface area (Å²) in [6, 6.07) is 14.6. The average Bonchev–Trinajstić information content (AvgIpc) is 2.56. The van der Waals surface area contributed by atoms with Gasteiger partial charge in [0.25, 0.3) is 0 Å². The van der Waals surface area contributed by atoms with Crippen LogP contribution in [0.3, 0.4) is 0 Å². The van der Waals surface area contributed by atoms with E-state index in [-0.39, 0.29) is 6.04 Å². The summed E-state index contributed by atoms with van der Waals surface area (Å²) in [5, 5.41) is 11.8. The minimum atomic E-state index is -0.419. The van der Waals surface area contributed by atoms with Gasteiger partial charge in [0, 0.05) is 34.9 Å². The Morgan fingerprint density at radius 3 is 2.30 bits per heavy atom. The van der Waals surface area contributed by atoms with Crippen LogP contribution in [-0.2, 0) is 0 Å². The molecule has 1 aromatic heterocycles. The van der Waals surface area contributed by atoms with Crippen LogP contribution in [0.25, 0.3) is 10.8 Å². The highest BCUT2D eigenvalue weighted by Crippen LogP contribution is 2.31. The van der Waals surface area contributed by atoms with E-state index in [1.54, 1.807) is 12.1 Å². The highest BCUT2D eigenvalue weighted by atomic mass is 16.3. The number of hydrogen-bond donors (Lipinski definition) is 3. The Hall–Kier alpha value is -2.92. The van der Waals surface area contributed by atoms with Gasteiger partial charge in [0.1, 0.15) is 5.75 Å². The Kier molecular flexibility index (Phi) is 5.28. The average molecular weight is 309 g/mol. The van der Waals surface area contributed by atoms with E-state index < -0.39 is 5.91 Å². The predicted octanol–water partition coefficient (Wildman–Crippen LogP) is 2.75. The van der Waals surface area contributed by atoms with E-state index in [0.29, 0.717) is 11.3 Å². The zero-order valence-corrected chi connectivity index (χ0v) is 12.8. The van der Waals surface area contributed by atoms with Gasteiger partial charge in [-0.05, 0) is 24.4 Å². The number of fused-ring (bicyclic) bond motifs is 1. The first kappa shape index (κ1) is 16.5. The third kappa shape index (κ3) is 4.05. The van der Waals surface area contributed by atoms with Gasteiger partial charge in [-0.3, -0.25) is 9.78 Å². The fraction of sp³-hybridized carbons (Fsp3) is 0.111. The van der Waals surface area contributed by atoms with Crippen molar-refractivity contribution in [1.29, 1.82) is 0 Å². The summed E-state index contributed by atoms with van der Waals surface area (Å²) in [5.74, 6) is -0.115. The van der Waals surface area contributed by atoms with Crippen molar-refractivity contribution in [3.63, 3.8) is 0 Å². The van der Waals surface area contributed by atoms with E-state index >= 15 is 0 Å². The fourth-order valence-electron chi connectivity index (χ4n) is 2.16. The van der Waals surface area contributed by atoms with Gasteiger partial charge in [-0.15, -0.1) is 0 Å². The lowest BCUT2D eigenvalue weighted by molar-refractivity contribution is 0.1000. The zero-order chi connectivity index (χ0) is 16.8. The standard InChI is InChI=1S/C12H13NO.C6H6N2O/c1-8(13)10-7-6-9-4-2-3-5-11(9)12(10)14;7-6(9)5-1-3-8-4-2-5/h2-8,14H,13H2,1H3;1-4H,(H2,7,9). The molecule has 0 aliphatic heterocycles. The van der Waals surface area contributed by atoms with Crippen LogP contribution < -0.4 is 11.5 Å². The van der Waals surface area contributed by atoms with Crippen molar-refractivity contribution in [2.75, 3.05) is 0 Å². The molecule has 0 saturated heterocycles. The number of carbonyl (C=O) groups excluding carboxylic acids is 1. The number of amides is 1. The van der Waals surface area contributed by atoms with Crippen molar-refractivity contribution in [2.24, 2.45) is 11.5 Å². The highest BCUT2D eigenvalue weighted by Gasteiger charge is 2.08. The molecule has 1 atom stereocenters. The van der Waals surface area contributed by atoms with Gasteiger partial charge in [0.05, 0.1) is 0 Å². The molecule has 2 aromatic carbocycles. The number of phenols is 1. The number of benzene rings is 2. The zero-order valence-electron chi connectivity index (χ0n) is 12.8. The lowest BCUT2D eigenvalue weighted by Crippen LogP contribution is -2.10. The van der Waals surface area contributed by atoms with E-state index in [2.05, 4.69) is 4.98 Å². The molecule has 3 rings (SSSR count). The number of rotatable bonds is 2. The summed E-state index contributed by atoms with van der Waals surface area (Å²) in [4.78, 5) is 14.1. The van der Waals surface area contributed by atoms with Gasteiger partial charge in [-0.2, -0.15) is 0 Å². The van der Waals surface area contributed by atoms with Gasteiger partial charge < -0.3 is 16.6 Å². The number of hydrogen-bond acceptors (Lipinski definition) is 4. The summed E-state index contributed by atoms with van der Waals surface area (Å²) in [7, 11) is 0. The SMILES string of the molecule is CC(N)c1ccc2ccccc2c1O.NC(=O)c1ccncc1. The van der Waals surface area contributed by atoms with Gasteiger partial charge in [0.2, 0.25) is 5.91 Å². The molecule has 1 amide bonds. The summed E-state index contributed by atoms with van der Waals surface area (Å²) in [5.41, 5.74) is 12.0. The van der Waals surface area contributed by atoms with Gasteiger partial charge >= 0.3 is 0 Å². The summed E-state index contributed by atoms with van der Waals surface area (Å²) in [6.45, 7) is 1.86. The van der Waals surface area contributed by atoms with Gasteiger partial charge in [-0.25, -0.2) is 0 Å². The van der Waals surface area contributed by atoms with Crippen LogP contribution in [0.4, 0.5) is 0 Å². The molecule has 5 N–H and O–H groups in total. The van der Waals surface area contributed by atoms with Gasteiger partial charge in [-0.1, -0.05) is 36.4 Å². The molecule has 0 spiro atoms. The van der Waals surface area contributed by atoms with Crippen molar-refractivity contribution < 1.29 is 9.90 Å². The molecule has 0 radical (unpaired) electrons. The Balaban J connectivity index is 0.000000185. The summed E-state index contributed by atoms with van der Waals surface area (Å²) in [6.07, 6.45) is 3.06. The first-order valence-corrected chi connectivity index (χ1v) is 7.16. The van der Waals surface area contributed by atoms with Gasteiger partial charge in [0.15, 0.2) is 0 Å². The van der Waals surface area contributed by atoms with Crippen molar-refractivity contribution in [2.45, 2.75) is 13.0 Å². The number of carbonyl (C=O) groups is 1. The topological polar surface area (TPSA) is 102 Å². The maximum Gasteiger partial charge on any atom is 0.248 e. The van der Waals surface area contributed by atoms with E-state index in [4.69, 9.17) is 11.5 Å². The Morgan fingerprint density at radius 2 is 1.74 bits per heavy atom. The van der Waals surface area contributed by atoms with Crippen molar-refractivity contribution in [1.82, 2.24) is 4.98 Å². The lowest BCUT2D eigenvalue weighted by atomic mass is 10.0. The van der Waals surface area contributed by atoms with E-state index in [9.17, 15) is 9.90 Å². The summed E-state index contributed by atoms with van der Waals surface area (Å²) >= 11 is 0. The molecular weight excluding hydrogens is 290 g/mol. The highest BCUT2D eigenvalue weighted by molar-refractivity contribution is 5.92. The molecule has 0 fully saturated rings. The minimum Gasteiger partial charge on any atom is -0.507 e. The molecule has 1 heterocycles. The molecule has 5 heteroatoms. The maximum atomic E-state index is 10.4. The Bertz CT molecular complexity index is 802. The number of primary amides is 1. The number of phenolic OH excluding ortho intramolecular Hbond substituents is 1. The van der Waals surface area contributed by atoms with E-state index in [0.717, 1.165) is 16.3 Å². The minimum absolute atomic E-state index is 0.139. The predicted molar refractivity (Wildman–Crippen MR) is 91.0 cm³/mol. The molecule has 1 unspecified atom stereocenters. The molecule has 0 aliphatic rings. The second-order valence-electron chi connectivity index (χ2n) is 5.11. The quantitative estimate of drug-likeness (QED) is 0.677. The van der Waals surface area contributed by atoms with Crippen LogP contribution in [0.5, 0.6) is 5.75 Å². The second-order valence-corrected chi connectivity index (χ2v) is 5.11. The second kappa shape index (κ2) is 7.38. The number of aromatic nitrogens is 1. The first-order valence-electron chi connectivity index (χ1n) is 7.16. The fourth-order valence-corrected chi connectivity index (χ4v) is 2.16. The normalized spacial score (nSPS) is 11.4. The van der Waals surface area contributed by atoms with Crippen molar-refractivity contribution >= 4 is 16.7 Å². The number of aromatic hydroxyl groups is 1. The van der Waals surface area contributed by atoms with E-state index in [1.165, 1.54) is 12.4 Å². The van der Waals surface area contributed by atoms with Crippen LogP contribution >= 0.6 is 0 Å². The lowest BCUT2D eigenvalue weighted by Gasteiger charge is -2.10. The monoisotopic (exact) mass is 309 g/mol. The molecule has 23 heavy (non-hydrogen) atoms. The van der Waals surface area contributed by atoms with Crippen LogP contribution in [-0.4, -0.2) is 16.0 Å². The third-order valence-corrected chi connectivity index (χ3v) is 3.39. The molecule has 0 aliphatic carbocycles. The molecule has 0 bridgehead atoms. The van der Waals surface area contributed by atoms with Crippen LogP contribution in [0.1, 0.15) is 28.9 Å². The van der Waals surface area contributed by atoms with E-state index in [1.807, 2.05) is 43.3 Å².